The van der Waals surface area contributed by atoms with Crippen LogP contribution in [0.4, 0.5) is 4.79 Å². The van der Waals surface area contributed by atoms with Gasteiger partial charge in [0, 0.05) is 19.0 Å². The van der Waals surface area contributed by atoms with Gasteiger partial charge in [0.1, 0.15) is 0 Å². The van der Waals surface area contributed by atoms with Crippen LogP contribution in [-0.2, 0) is 14.3 Å². The Morgan fingerprint density at radius 1 is 0.967 bits per heavy atom. The third kappa shape index (κ3) is 11.2. The maximum atomic E-state index is 12.3. The van der Waals surface area contributed by atoms with Crippen LogP contribution in [-0.4, -0.2) is 59.3 Å². The molecule has 0 fully saturated rings. The summed E-state index contributed by atoms with van der Waals surface area (Å²) in [6, 6.07) is 0.449. The molecule has 0 aromatic carbocycles. The Morgan fingerprint density at radius 3 is 2.07 bits per heavy atom. The number of aliphatic hydroxyl groups is 1. The van der Waals surface area contributed by atoms with E-state index in [1.807, 2.05) is 6.92 Å². The number of ether oxygens (including phenoxy) is 2. The van der Waals surface area contributed by atoms with E-state index < -0.39 is 30.4 Å². The first kappa shape index (κ1) is 28.7. The average Bonchev–Trinajstić information content (AvgIpc) is 2.65. The van der Waals surface area contributed by atoms with Crippen molar-refractivity contribution in [3.63, 3.8) is 0 Å². The van der Waals surface area contributed by atoms with Crippen molar-refractivity contribution in [1.82, 2.24) is 4.90 Å². The van der Waals surface area contributed by atoms with Gasteiger partial charge in [-0.3, -0.25) is 4.79 Å². The number of carbonyl (C=O) groups is 2. The Balaban J connectivity index is 4.59. The standard InChI is InChI=1S/C23H45NO6/c1-9-11-15(3)14-24(8)18(6)13-16(4)12-17(5)21(25)19(7)22(26)29-20(10-2)30-23(27)28/h15-21,25H,9-14H2,1-8H3,(H,27,28)/t15-,16?,17?,18-,19?,20?,21?/m1/s1. The lowest BCUT2D eigenvalue weighted by Crippen LogP contribution is -2.37. The van der Waals surface area contributed by atoms with Crippen LogP contribution in [0.3, 0.4) is 0 Å². The van der Waals surface area contributed by atoms with Gasteiger partial charge in [-0.25, -0.2) is 4.79 Å². The van der Waals surface area contributed by atoms with E-state index in [0.717, 1.165) is 19.4 Å². The minimum Gasteiger partial charge on any atom is -0.450 e. The molecule has 0 aliphatic carbocycles. The van der Waals surface area contributed by atoms with Gasteiger partial charge in [-0.15, -0.1) is 0 Å². The maximum absolute atomic E-state index is 12.3. The van der Waals surface area contributed by atoms with Crippen LogP contribution in [0.1, 0.15) is 80.6 Å². The predicted molar refractivity (Wildman–Crippen MR) is 118 cm³/mol. The lowest BCUT2D eigenvalue weighted by atomic mass is 9.84. The molecule has 2 N–H and O–H groups in total. The van der Waals surface area contributed by atoms with Gasteiger partial charge < -0.3 is 24.6 Å². The van der Waals surface area contributed by atoms with Crippen LogP contribution in [0.2, 0.25) is 0 Å². The molecule has 0 aliphatic rings. The quantitative estimate of drug-likeness (QED) is 0.285. The van der Waals surface area contributed by atoms with Crippen LogP contribution in [0.25, 0.3) is 0 Å². The molecule has 0 bridgehead atoms. The number of nitrogens with zero attached hydrogens (tertiary/aromatic N) is 1. The fourth-order valence-corrected chi connectivity index (χ4v) is 4.06. The van der Waals surface area contributed by atoms with E-state index in [4.69, 9.17) is 9.84 Å². The highest BCUT2D eigenvalue weighted by atomic mass is 16.8. The van der Waals surface area contributed by atoms with Crippen molar-refractivity contribution < 1.29 is 29.3 Å². The summed E-state index contributed by atoms with van der Waals surface area (Å²) in [5.74, 6) is -0.403. The van der Waals surface area contributed by atoms with Gasteiger partial charge in [0.15, 0.2) is 0 Å². The number of hydrogen-bond donors (Lipinski definition) is 2. The van der Waals surface area contributed by atoms with Gasteiger partial charge in [-0.2, -0.15) is 0 Å². The second-order valence-corrected chi connectivity index (χ2v) is 9.17. The van der Waals surface area contributed by atoms with Crippen LogP contribution < -0.4 is 0 Å². The molecule has 7 atom stereocenters. The third-order valence-corrected chi connectivity index (χ3v) is 5.93. The third-order valence-electron chi connectivity index (χ3n) is 5.93. The van der Waals surface area contributed by atoms with Crippen molar-refractivity contribution in [2.75, 3.05) is 13.6 Å². The highest BCUT2D eigenvalue weighted by molar-refractivity contribution is 5.73. The van der Waals surface area contributed by atoms with Crippen LogP contribution in [0.5, 0.6) is 0 Å². The Morgan fingerprint density at radius 2 is 1.57 bits per heavy atom. The summed E-state index contributed by atoms with van der Waals surface area (Å²) in [6.45, 7) is 15.2. The van der Waals surface area contributed by atoms with E-state index in [0.29, 0.717) is 17.9 Å². The highest BCUT2D eigenvalue weighted by Gasteiger charge is 2.31. The highest BCUT2D eigenvalue weighted by Crippen LogP contribution is 2.25. The molecule has 178 valence electrons. The summed E-state index contributed by atoms with van der Waals surface area (Å²) in [5.41, 5.74) is 0. The van der Waals surface area contributed by atoms with Gasteiger partial charge in [-0.05, 0) is 57.9 Å². The van der Waals surface area contributed by atoms with Gasteiger partial charge in [-0.1, -0.05) is 41.0 Å². The van der Waals surface area contributed by atoms with Gasteiger partial charge in [0.25, 0.3) is 6.29 Å². The van der Waals surface area contributed by atoms with Crippen molar-refractivity contribution in [2.24, 2.45) is 23.7 Å². The minimum absolute atomic E-state index is 0.0838. The number of carbonyl (C=O) groups excluding carboxylic acids is 1. The smallest absolute Gasteiger partial charge is 0.450 e. The predicted octanol–water partition coefficient (Wildman–Crippen LogP) is 4.77. The largest absolute Gasteiger partial charge is 0.508 e. The Hall–Kier alpha value is -1.34. The molecule has 0 radical (unpaired) electrons. The van der Waals surface area contributed by atoms with E-state index in [-0.39, 0.29) is 12.3 Å². The van der Waals surface area contributed by atoms with Crippen molar-refractivity contribution >= 4 is 12.1 Å². The Kier molecular flexibility index (Phi) is 14.0. The summed E-state index contributed by atoms with van der Waals surface area (Å²) in [6.07, 6.45) is 0.978. The zero-order valence-corrected chi connectivity index (χ0v) is 20.3. The van der Waals surface area contributed by atoms with Crippen LogP contribution in [0, 0.1) is 23.7 Å². The average molecular weight is 432 g/mol. The number of hydrogen-bond acceptors (Lipinski definition) is 6. The molecular weight excluding hydrogens is 386 g/mol. The van der Waals surface area contributed by atoms with Crippen molar-refractivity contribution in [3.8, 4) is 0 Å². The molecule has 0 aliphatic heterocycles. The Bertz CT molecular complexity index is 500. The summed E-state index contributed by atoms with van der Waals surface area (Å²) in [5, 5.41) is 19.3. The molecule has 7 heteroatoms. The summed E-state index contributed by atoms with van der Waals surface area (Å²) in [4.78, 5) is 25.3. The molecule has 0 aromatic rings. The number of esters is 1. The topological polar surface area (TPSA) is 96.3 Å². The fourth-order valence-electron chi connectivity index (χ4n) is 4.06. The number of rotatable bonds is 15. The minimum atomic E-state index is -1.49. The van der Waals surface area contributed by atoms with E-state index in [1.54, 1.807) is 13.8 Å². The number of aliphatic hydroxyl groups excluding tert-OH is 1. The zero-order valence-electron chi connectivity index (χ0n) is 20.3. The van der Waals surface area contributed by atoms with E-state index >= 15 is 0 Å². The second kappa shape index (κ2) is 14.6. The van der Waals surface area contributed by atoms with Crippen LogP contribution in [0.15, 0.2) is 0 Å². The fraction of sp³-hybridized carbons (Fsp3) is 0.913. The summed E-state index contributed by atoms with van der Waals surface area (Å²) < 4.78 is 9.61. The molecule has 0 spiro atoms. The molecule has 0 heterocycles. The summed E-state index contributed by atoms with van der Waals surface area (Å²) >= 11 is 0. The van der Waals surface area contributed by atoms with Gasteiger partial charge >= 0.3 is 12.1 Å². The van der Waals surface area contributed by atoms with Crippen molar-refractivity contribution in [3.05, 3.63) is 0 Å². The van der Waals surface area contributed by atoms with Crippen LogP contribution >= 0.6 is 0 Å². The lowest BCUT2D eigenvalue weighted by Gasteiger charge is -2.31. The lowest BCUT2D eigenvalue weighted by molar-refractivity contribution is -0.179. The molecule has 30 heavy (non-hydrogen) atoms. The monoisotopic (exact) mass is 431 g/mol. The van der Waals surface area contributed by atoms with Gasteiger partial charge in [0.05, 0.1) is 12.0 Å². The number of carboxylic acid groups (broad SMARTS) is 1. The second-order valence-electron chi connectivity index (χ2n) is 9.17. The molecule has 7 nitrogen and oxygen atoms in total. The molecule has 0 rings (SSSR count). The Labute approximate surface area is 183 Å². The molecule has 5 unspecified atom stereocenters. The van der Waals surface area contributed by atoms with E-state index in [2.05, 4.69) is 44.4 Å². The zero-order chi connectivity index (χ0) is 23.4. The molecule has 0 saturated heterocycles. The first-order valence-electron chi connectivity index (χ1n) is 11.4. The van der Waals surface area contributed by atoms with Crippen molar-refractivity contribution in [2.45, 2.75) is 99.0 Å². The van der Waals surface area contributed by atoms with Gasteiger partial charge in [0.2, 0.25) is 0 Å². The molecular formula is C23H45NO6. The molecule has 0 aromatic heterocycles. The van der Waals surface area contributed by atoms with E-state index in [9.17, 15) is 14.7 Å². The molecule has 0 saturated carbocycles. The van der Waals surface area contributed by atoms with Crippen molar-refractivity contribution in [1.29, 1.82) is 0 Å². The SMILES string of the molecule is CCC[C@@H](C)CN(C)[C@H](C)CC(C)CC(C)C(O)C(C)C(=O)OC(CC)OC(=O)O. The summed E-state index contributed by atoms with van der Waals surface area (Å²) in [7, 11) is 2.17. The normalized spacial score (nSPS) is 18.7. The molecule has 0 amide bonds. The first-order valence-corrected chi connectivity index (χ1v) is 11.4. The van der Waals surface area contributed by atoms with E-state index in [1.165, 1.54) is 12.8 Å². The first-order chi connectivity index (χ1) is 13.9. The maximum Gasteiger partial charge on any atom is 0.508 e.